The molecule has 2 heterocycles. The Kier molecular flexibility index (Phi) is 7.75. The van der Waals surface area contributed by atoms with Gasteiger partial charge in [-0.25, -0.2) is 0 Å². The number of nitrogens with zero attached hydrogens (tertiary/aromatic N) is 2. The van der Waals surface area contributed by atoms with Crippen molar-refractivity contribution >= 4 is 18.3 Å². The van der Waals surface area contributed by atoms with Gasteiger partial charge in [-0.3, -0.25) is 9.48 Å². The molecule has 21 heavy (non-hydrogen) atoms. The SMILES string of the molecule is Cc1cnn(CCNC(=O)CC(C)C2CCCNC2)c1.Cl. The second kappa shape index (κ2) is 9.05. The smallest absolute Gasteiger partial charge is 0.220 e. The normalized spacial score (nSPS) is 19.6. The lowest BCUT2D eigenvalue weighted by Gasteiger charge is -2.28. The second-order valence-electron chi connectivity index (χ2n) is 5.92. The summed E-state index contributed by atoms with van der Waals surface area (Å²) in [5.74, 6) is 1.25. The van der Waals surface area contributed by atoms with E-state index in [1.807, 2.05) is 24.0 Å². The molecule has 6 heteroatoms. The molecule has 0 aliphatic carbocycles. The average molecular weight is 315 g/mol. The Bertz CT molecular complexity index is 429. The van der Waals surface area contributed by atoms with Gasteiger partial charge in [0, 0.05) is 19.2 Å². The van der Waals surface area contributed by atoms with E-state index >= 15 is 0 Å². The number of hydrogen-bond donors (Lipinski definition) is 2. The third-order valence-corrected chi connectivity index (χ3v) is 4.07. The highest BCUT2D eigenvalue weighted by Crippen LogP contribution is 2.22. The van der Waals surface area contributed by atoms with Crippen LogP contribution in [0.3, 0.4) is 0 Å². The minimum absolute atomic E-state index is 0. The first-order chi connectivity index (χ1) is 9.65. The maximum Gasteiger partial charge on any atom is 0.220 e. The summed E-state index contributed by atoms with van der Waals surface area (Å²) in [4.78, 5) is 11.9. The highest BCUT2D eigenvalue weighted by atomic mass is 35.5. The maximum atomic E-state index is 11.9. The minimum Gasteiger partial charge on any atom is -0.354 e. The van der Waals surface area contributed by atoms with Crippen LogP contribution < -0.4 is 10.6 Å². The molecule has 120 valence electrons. The molecule has 1 saturated heterocycles. The van der Waals surface area contributed by atoms with Crippen LogP contribution in [0.2, 0.25) is 0 Å². The molecule has 2 atom stereocenters. The third-order valence-electron chi connectivity index (χ3n) is 4.07. The van der Waals surface area contributed by atoms with Gasteiger partial charge in [0.15, 0.2) is 0 Å². The third kappa shape index (κ3) is 6.06. The quantitative estimate of drug-likeness (QED) is 0.841. The van der Waals surface area contributed by atoms with Gasteiger partial charge in [0.1, 0.15) is 0 Å². The molecule has 5 nitrogen and oxygen atoms in total. The van der Waals surface area contributed by atoms with Crippen LogP contribution in [0.15, 0.2) is 12.4 Å². The van der Waals surface area contributed by atoms with Gasteiger partial charge in [-0.05, 0) is 50.3 Å². The summed E-state index contributed by atoms with van der Waals surface area (Å²) in [6.07, 6.45) is 6.93. The predicted octanol–water partition coefficient (Wildman–Crippen LogP) is 1.76. The first-order valence-electron chi connectivity index (χ1n) is 7.61. The fourth-order valence-corrected chi connectivity index (χ4v) is 2.79. The number of piperidine rings is 1. The van der Waals surface area contributed by atoms with E-state index in [1.54, 1.807) is 0 Å². The lowest BCUT2D eigenvalue weighted by molar-refractivity contribution is -0.122. The summed E-state index contributed by atoms with van der Waals surface area (Å²) >= 11 is 0. The van der Waals surface area contributed by atoms with Crippen LogP contribution in [0, 0.1) is 18.8 Å². The van der Waals surface area contributed by atoms with Crippen LogP contribution in [0.1, 0.15) is 31.7 Å². The van der Waals surface area contributed by atoms with Gasteiger partial charge in [-0.15, -0.1) is 12.4 Å². The largest absolute Gasteiger partial charge is 0.354 e. The van der Waals surface area contributed by atoms with Crippen molar-refractivity contribution in [2.24, 2.45) is 11.8 Å². The predicted molar refractivity (Wildman–Crippen MR) is 86.6 cm³/mol. The lowest BCUT2D eigenvalue weighted by atomic mass is 9.85. The van der Waals surface area contributed by atoms with Gasteiger partial charge in [0.25, 0.3) is 0 Å². The summed E-state index contributed by atoms with van der Waals surface area (Å²) < 4.78 is 1.87. The van der Waals surface area contributed by atoms with E-state index in [4.69, 9.17) is 0 Å². The van der Waals surface area contributed by atoms with Gasteiger partial charge in [0.2, 0.25) is 5.91 Å². The summed E-state index contributed by atoms with van der Waals surface area (Å²) in [6.45, 7) is 7.77. The van der Waals surface area contributed by atoms with Crippen molar-refractivity contribution in [1.82, 2.24) is 20.4 Å². The number of nitrogens with one attached hydrogen (secondary N) is 2. The van der Waals surface area contributed by atoms with Crippen LogP contribution in [-0.4, -0.2) is 35.3 Å². The summed E-state index contributed by atoms with van der Waals surface area (Å²) in [5.41, 5.74) is 1.15. The molecule has 1 amide bonds. The van der Waals surface area contributed by atoms with Crippen LogP contribution in [0.4, 0.5) is 0 Å². The van der Waals surface area contributed by atoms with Crippen LogP contribution in [-0.2, 0) is 11.3 Å². The fraction of sp³-hybridized carbons (Fsp3) is 0.733. The average Bonchev–Trinajstić information content (AvgIpc) is 2.85. The Balaban J connectivity index is 0.00000220. The molecule has 2 N–H and O–H groups in total. The number of carbonyl (C=O) groups excluding carboxylic acids is 1. The number of rotatable bonds is 6. The zero-order valence-corrected chi connectivity index (χ0v) is 13.8. The van der Waals surface area contributed by atoms with E-state index in [9.17, 15) is 4.79 Å². The van der Waals surface area contributed by atoms with Crippen molar-refractivity contribution in [3.05, 3.63) is 18.0 Å². The molecule has 0 saturated carbocycles. The maximum absolute atomic E-state index is 11.9. The van der Waals surface area contributed by atoms with Crippen molar-refractivity contribution < 1.29 is 4.79 Å². The molecular weight excluding hydrogens is 288 g/mol. The molecule has 2 rings (SSSR count). The first kappa shape index (κ1) is 18.0. The number of carbonyl (C=O) groups is 1. The van der Waals surface area contributed by atoms with Crippen molar-refractivity contribution in [2.45, 2.75) is 39.7 Å². The zero-order valence-electron chi connectivity index (χ0n) is 13.0. The number of halogens is 1. The molecule has 1 aliphatic heterocycles. The van der Waals surface area contributed by atoms with Crippen molar-refractivity contribution in [2.75, 3.05) is 19.6 Å². The van der Waals surface area contributed by atoms with Crippen LogP contribution in [0.5, 0.6) is 0 Å². The van der Waals surface area contributed by atoms with Gasteiger partial charge >= 0.3 is 0 Å². The molecule has 0 bridgehead atoms. The van der Waals surface area contributed by atoms with Crippen molar-refractivity contribution in [3.63, 3.8) is 0 Å². The van der Waals surface area contributed by atoms with Gasteiger partial charge in [-0.1, -0.05) is 6.92 Å². The second-order valence-corrected chi connectivity index (χ2v) is 5.92. The summed E-state index contributed by atoms with van der Waals surface area (Å²) in [5, 5.41) is 10.6. The molecular formula is C15H27ClN4O. The summed E-state index contributed by atoms with van der Waals surface area (Å²) in [7, 11) is 0. The van der Waals surface area contributed by atoms with E-state index in [-0.39, 0.29) is 18.3 Å². The monoisotopic (exact) mass is 314 g/mol. The Hall–Kier alpha value is -1.07. The zero-order chi connectivity index (χ0) is 14.4. The molecule has 1 fully saturated rings. The number of hydrogen-bond acceptors (Lipinski definition) is 3. The Labute approximate surface area is 133 Å². The molecule has 0 radical (unpaired) electrons. The molecule has 1 aromatic heterocycles. The lowest BCUT2D eigenvalue weighted by Crippen LogP contribution is -2.36. The van der Waals surface area contributed by atoms with Crippen molar-refractivity contribution in [3.8, 4) is 0 Å². The molecule has 0 aromatic carbocycles. The molecule has 1 aliphatic rings. The fourth-order valence-electron chi connectivity index (χ4n) is 2.79. The summed E-state index contributed by atoms with van der Waals surface area (Å²) in [6, 6.07) is 0. The van der Waals surface area contributed by atoms with Gasteiger partial charge in [-0.2, -0.15) is 5.10 Å². The molecule has 2 unspecified atom stereocenters. The van der Waals surface area contributed by atoms with E-state index < -0.39 is 0 Å². The van der Waals surface area contributed by atoms with Crippen molar-refractivity contribution in [1.29, 1.82) is 0 Å². The standard InChI is InChI=1S/C15H26N4O.ClH/c1-12-9-18-19(11-12)7-6-17-15(20)8-13(2)14-4-3-5-16-10-14;/h9,11,13-14,16H,3-8,10H2,1-2H3,(H,17,20);1H. The first-order valence-corrected chi connectivity index (χ1v) is 7.61. The van der Waals surface area contributed by atoms with Crippen LogP contribution >= 0.6 is 12.4 Å². The Morgan fingerprint density at radius 2 is 2.43 bits per heavy atom. The number of amides is 1. The highest BCUT2D eigenvalue weighted by Gasteiger charge is 2.21. The van der Waals surface area contributed by atoms with Gasteiger partial charge < -0.3 is 10.6 Å². The van der Waals surface area contributed by atoms with E-state index in [1.165, 1.54) is 12.8 Å². The molecule has 1 aromatic rings. The van der Waals surface area contributed by atoms with E-state index in [0.717, 1.165) is 25.2 Å². The Morgan fingerprint density at radius 1 is 1.62 bits per heavy atom. The Morgan fingerprint density at radius 3 is 3.05 bits per heavy atom. The topological polar surface area (TPSA) is 59.0 Å². The number of aryl methyl sites for hydroxylation is 1. The highest BCUT2D eigenvalue weighted by molar-refractivity contribution is 5.85. The molecule has 0 spiro atoms. The van der Waals surface area contributed by atoms with E-state index in [2.05, 4.69) is 22.7 Å². The van der Waals surface area contributed by atoms with E-state index in [0.29, 0.717) is 24.8 Å². The van der Waals surface area contributed by atoms with Gasteiger partial charge in [0.05, 0.1) is 12.7 Å². The number of aromatic nitrogens is 2. The minimum atomic E-state index is 0. The van der Waals surface area contributed by atoms with Crippen LogP contribution in [0.25, 0.3) is 0 Å².